The highest BCUT2D eigenvalue weighted by atomic mass is 16.5. The maximum atomic E-state index is 5.74. The van der Waals surface area contributed by atoms with E-state index in [4.69, 9.17) is 4.74 Å². The smallest absolute Gasteiger partial charge is 0.119 e. The molecule has 1 aromatic carbocycles. The summed E-state index contributed by atoms with van der Waals surface area (Å²) < 4.78 is 5.74. The lowest BCUT2D eigenvalue weighted by Crippen LogP contribution is -2.30. The second kappa shape index (κ2) is 8.21. The van der Waals surface area contributed by atoms with Gasteiger partial charge in [0.15, 0.2) is 0 Å². The van der Waals surface area contributed by atoms with Gasteiger partial charge in [-0.3, -0.25) is 0 Å². The Balaban J connectivity index is 1.49. The standard InChI is InChI=1S/C17H27NO/c1-16-8-10-17(11-9-16)19-15-7-3-6-14-18-12-4-2-5-13-18/h8-11H,2-7,12-15H2,1H3. The van der Waals surface area contributed by atoms with Crippen LogP contribution in [-0.2, 0) is 0 Å². The van der Waals surface area contributed by atoms with Crippen LogP contribution in [-0.4, -0.2) is 31.1 Å². The summed E-state index contributed by atoms with van der Waals surface area (Å²) in [6, 6.07) is 8.32. The molecule has 0 unspecified atom stereocenters. The van der Waals surface area contributed by atoms with Crippen LogP contribution in [0.1, 0.15) is 44.1 Å². The number of benzene rings is 1. The van der Waals surface area contributed by atoms with E-state index in [0.29, 0.717) is 0 Å². The van der Waals surface area contributed by atoms with Gasteiger partial charge >= 0.3 is 0 Å². The third kappa shape index (κ3) is 5.65. The van der Waals surface area contributed by atoms with Crippen LogP contribution in [0.4, 0.5) is 0 Å². The van der Waals surface area contributed by atoms with E-state index in [9.17, 15) is 0 Å². The number of rotatable bonds is 7. The zero-order valence-electron chi connectivity index (χ0n) is 12.2. The molecular formula is C17H27NO. The molecular weight excluding hydrogens is 234 g/mol. The van der Waals surface area contributed by atoms with E-state index in [2.05, 4.69) is 36.1 Å². The van der Waals surface area contributed by atoms with Crippen molar-refractivity contribution in [3.63, 3.8) is 0 Å². The molecule has 2 heteroatoms. The Kier molecular flexibility index (Phi) is 6.22. The molecule has 2 nitrogen and oxygen atoms in total. The van der Waals surface area contributed by atoms with Crippen molar-refractivity contribution >= 4 is 0 Å². The maximum Gasteiger partial charge on any atom is 0.119 e. The van der Waals surface area contributed by atoms with Gasteiger partial charge in [-0.1, -0.05) is 24.1 Å². The summed E-state index contributed by atoms with van der Waals surface area (Å²) in [4.78, 5) is 2.62. The van der Waals surface area contributed by atoms with Gasteiger partial charge in [0, 0.05) is 0 Å². The van der Waals surface area contributed by atoms with Crippen molar-refractivity contribution < 1.29 is 4.74 Å². The molecule has 0 spiro atoms. The Bertz CT molecular complexity index is 341. The van der Waals surface area contributed by atoms with Crippen molar-refractivity contribution in [2.75, 3.05) is 26.2 Å². The van der Waals surface area contributed by atoms with Gasteiger partial charge in [-0.15, -0.1) is 0 Å². The number of nitrogens with zero attached hydrogens (tertiary/aromatic N) is 1. The molecule has 1 saturated heterocycles. The van der Waals surface area contributed by atoms with Gasteiger partial charge in [-0.2, -0.15) is 0 Å². The summed E-state index contributed by atoms with van der Waals surface area (Å²) in [6.07, 6.45) is 8.00. The van der Waals surface area contributed by atoms with Gasteiger partial charge in [0.25, 0.3) is 0 Å². The van der Waals surface area contributed by atoms with Crippen LogP contribution in [0, 0.1) is 6.92 Å². The maximum absolute atomic E-state index is 5.74. The van der Waals surface area contributed by atoms with Crippen molar-refractivity contribution in [2.24, 2.45) is 0 Å². The van der Waals surface area contributed by atoms with Gasteiger partial charge in [0.05, 0.1) is 6.61 Å². The molecule has 1 heterocycles. The van der Waals surface area contributed by atoms with E-state index < -0.39 is 0 Å². The Morgan fingerprint density at radius 2 is 1.68 bits per heavy atom. The molecule has 0 atom stereocenters. The molecule has 0 saturated carbocycles. The van der Waals surface area contributed by atoms with Crippen molar-refractivity contribution in [3.8, 4) is 5.75 Å². The molecule has 0 aliphatic carbocycles. The predicted molar refractivity (Wildman–Crippen MR) is 80.8 cm³/mol. The minimum absolute atomic E-state index is 0.850. The molecule has 0 radical (unpaired) electrons. The molecule has 1 aliphatic rings. The average molecular weight is 261 g/mol. The van der Waals surface area contributed by atoms with E-state index in [0.717, 1.165) is 12.4 Å². The van der Waals surface area contributed by atoms with Crippen molar-refractivity contribution in [2.45, 2.75) is 45.4 Å². The van der Waals surface area contributed by atoms with Crippen LogP contribution in [0.15, 0.2) is 24.3 Å². The quantitative estimate of drug-likeness (QED) is 0.687. The van der Waals surface area contributed by atoms with E-state index in [1.807, 2.05) is 0 Å². The minimum atomic E-state index is 0.850. The third-order valence-electron chi connectivity index (χ3n) is 3.86. The average Bonchev–Trinajstić information content (AvgIpc) is 2.46. The van der Waals surface area contributed by atoms with Crippen molar-refractivity contribution in [1.82, 2.24) is 4.90 Å². The fourth-order valence-electron chi connectivity index (χ4n) is 2.62. The Morgan fingerprint density at radius 1 is 0.947 bits per heavy atom. The highest BCUT2D eigenvalue weighted by Gasteiger charge is 2.08. The lowest BCUT2D eigenvalue weighted by molar-refractivity contribution is 0.221. The van der Waals surface area contributed by atoms with Crippen LogP contribution in [0.2, 0.25) is 0 Å². The highest BCUT2D eigenvalue weighted by molar-refractivity contribution is 5.26. The Labute approximate surface area is 117 Å². The molecule has 1 aromatic rings. The number of hydrogen-bond acceptors (Lipinski definition) is 2. The van der Waals surface area contributed by atoms with Crippen LogP contribution in [0.25, 0.3) is 0 Å². The second-order valence-corrected chi connectivity index (χ2v) is 5.62. The summed E-state index contributed by atoms with van der Waals surface area (Å²) in [5, 5.41) is 0. The highest BCUT2D eigenvalue weighted by Crippen LogP contribution is 2.13. The van der Waals surface area contributed by atoms with E-state index in [-0.39, 0.29) is 0 Å². The van der Waals surface area contributed by atoms with Gasteiger partial charge in [0.1, 0.15) is 5.75 Å². The molecule has 106 valence electrons. The molecule has 0 bridgehead atoms. The lowest BCUT2D eigenvalue weighted by Gasteiger charge is -2.26. The number of unbranched alkanes of at least 4 members (excludes halogenated alkanes) is 2. The van der Waals surface area contributed by atoms with Gasteiger partial charge in [-0.05, 0) is 70.8 Å². The fraction of sp³-hybridized carbons (Fsp3) is 0.647. The molecule has 1 fully saturated rings. The minimum Gasteiger partial charge on any atom is -0.494 e. The van der Waals surface area contributed by atoms with Crippen LogP contribution >= 0.6 is 0 Å². The first kappa shape index (κ1) is 14.4. The number of piperidine rings is 1. The van der Waals surface area contributed by atoms with E-state index in [1.165, 1.54) is 63.7 Å². The summed E-state index contributed by atoms with van der Waals surface area (Å²) in [6.45, 7) is 6.87. The Morgan fingerprint density at radius 3 is 2.42 bits per heavy atom. The second-order valence-electron chi connectivity index (χ2n) is 5.62. The van der Waals surface area contributed by atoms with E-state index in [1.54, 1.807) is 0 Å². The normalized spacial score (nSPS) is 16.5. The SMILES string of the molecule is Cc1ccc(OCCCCCN2CCCCC2)cc1. The number of likely N-dealkylation sites (tertiary alicyclic amines) is 1. The summed E-state index contributed by atoms with van der Waals surface area (Å²) in [5.41, 5.74) is 1.29. The fourth-order valence-corrected chi connectivity index (χ4v) is 2.62. The monoisotopic (exact) mass is 261 g/mol. The van der Waals surface area contributed by atoms with Gasteiger partial charge in [0.2, 0.25) is 0 Å². The molecule has 0 N–H and O–H groups in total. The van der Waals surface area contributed by atoms with Crippen molar-refractivity contribution in [3.05, 3.63) is 29.8 Å². The molecule has 19 heavy (non-hydrogen) atoms. The van der Waals surface area contributed by atoms with Gasteiger partial charge < -0.3 is 9.64 Å². The summed E-state index contributed by atoms with van der Waals surface area (Å²) in [5.74, 6) is 1.00. The number of aryl methyl sites for hydroxylation is 1. The third-order valence-corrected chi connectivity index (χ3v) is 3.86. The van der Waals surface area contributed by atoms with Crippen LogP contribution in [0.5, 0.6) is 5.75 Å². The topological polar surface area (TPSA) is 12.5 Å². The number of hydrogen-bond donors (Lipinski definition) is 0. The summed E-state index contributed by atoms with van der Waals surface area (Å²) >= 11 is 0. The number of ether oxygens (including phenoxy) is 1. The molecule has 0 aromatic heterocycles. The van der Waals surface area contributed by atoms with E-state index >= 15 is 0 Å². The van der Waals surface area contributed by atoms with Gasteiger partial charge in [-0.25, -0.2) is 0 Å². The van der Waals surface area contributed by atoms with Crippen LogP contribution < -0.4 is 4.74 Å². The summed E-state index contributed by atoms with van der Waals surface area (Å²) in [7, 11) is 0. The first-order valence-corrected chi connectivity index (χ1v) is 7.76. The molecule has 1 aliphatic heterocycles. The predicted octanol–water partition coefficient (Wildman–Crippen LogP) is 4.03. The molecule has 2 rings (SSSR count). The first-order valence-electron chi connectivity index (χ1n) is 7.76. The van der Waals surface area contributed by atoms with Crippen LogP contribution in [0.3, 0.4) is 0 Å². The zero-order valence-corrected chi connectivity index (χ0v) is 12.2. The zero-order chi connectivity index (χ0) is 13.3. The van der Waals surface area contributed by atoms with Crippen molar-refractivity contribution in [1.29, 1.82) is 0 Å². The largest absolute Gasteiger partial charge is 0.494 e. The molecule has 0 amide bonds. The first-order chi connectivity index (χ1) is 9.34. The Hall–Kier alpha value is -1.02. The lowest BCUT2D eigenvalue weighted by atomic mass is 10.1.